The Morgan fingerprint density at radius 2 is 2.00 bits per heavy atom. The van der Waals surface area contributed by atoms with E-state index in [2.05, 4.69) is 10.3 Å². The van der Waals surface area contributed by atoms with E-state index in [-0.39, 0.29) is 30.1 Å². The van der Waals surface area contributed by atoms with E-state index in [1.807, 2.05) is 0 Å². The smallest absolute Gasteiger partial charge is 0.264 e. The van der Waals surface area contributed by atoms with Gasteiger partial charge < -0.3 is 19.4 Å². The number of furan rings is 1. The molecule has 0 spiro atoms. The minimum atomic E-state index is -0.341. The molecule has 0 unspecified atom stereocenters. The van der Waals surface area contributed by atoms with Crippen LogP contribution in [0.4, 0.5) is 5.69 Å². The van der Waals surface area contributed by atoms with Crippen molar-refractivity contribution >= 4 is 29.1 Å². The van der Waals surface area contributed by atoms with E-state index >= 15 is 0 Å². The molecule has 2 amide bonds. The maximum atomic E-state index is 12.6. The van der Waals surface area contributed by atoms with Crippen LogP contribution in [0.3, 0.4) is 0 Å². The number of rotatable bonds is 7. The first-order valence-electron chi connectivity index (χ1n) is 8.45. The summed E-state index contributed by atoms with van der Waals surface area (Å²) >= 11 is 5.93. The summed E-state index contributed by atoms with van der Waals surface area (Å²) in [4.78, 5) is 30.4. The van der Waals surface area contributed by atoms with Crippen LogP contribution in [0.5, 0.6) is 5.75 Å². The molecule has 0 aliphatic rings. The van der Waals surface area contributed by atoms with Crippen LogP contribution < -0.4 is 15.0 Å². The third kappa shape index (κ3) is 4.69. The molecule has 0 saturated heterocycles. The van der Waals surface area contributed by atoms with Gasteiger partial charge in [-0.05, 0) is 36.4 Å². The minimum Gasteiger partial charge on any atom is -0.481 e. The van der Waals surface area contributed by atoms with Crippen molar-refractivity contribution in [1.29, 1.82) is 0 Å². The fourth-order valence-corrected chi connectivity index (χ4v) is 2.66. The average Bonchev–Trinajstić information content (AvgIpc) is 3.24. The Labute approximate surface area is 166 Å². The molecule has 0 saturated carbocycles. The van der Waals surface area contributed by atoms with Crippen molar-refractivity contribution in [2.45, 2.75) is 6.54 Å². The number of halogens is 1. The number of nitrogens with zero attached hydrogens (tertiary/aromatic N) is 2. The van der Waals surface area contributed by atoms with Crippen molar-refractivity contribution in [1.82, 2.24) is 10.3 Å². The Hall–Kier alpha value is -3.32. The molecule has 7 nitrogen and oxygen atoms in total. The zero-order valence-corrected chi connectivity index (χ0v) is 15.8. The van der Waals surface area contributed by atoms with Gasteiger partial charge in [-0.25, -0.2) is 4.98 Å². The zero-order valence-electron chi connectivity index (χ0n) is 15.1. The van der Waals surface area contributed by atoms with Crippen LogP contribution in [0.1, 0.15) is 16.1 Å². The number of nitrogens with one attached hydrogen (secondary N) is 1. The Kier molecular flexibility index (Phi) is 6.29. The van der Waals surface area contributed by atoms with Gasteiger partial charge in [-0.2, -0.15) is 0 Å². The summed E-state index contributed by atoms with van der Waals surface area (Å²) in [5.41, 5.74) is 0.828. The van der Waals surface area contributed by atoms with Gasteiger partial charge in [0.1, 0.15) is 5.76 Å². The first-order chi connectivity index (χ1) is 13.6. The number of ether oxygens (including phenoxy) is 1. The highest BCUT2D eigenvalue weighted by Crippen LogP contribution is 2.22. The van der Waals surface area contributed by atoms with E-state index in [4.69, 9.17) is 20.8 Å². The van der Waals surface area contributed by atoms with Crippen LogP contribution in [0.2, 0.25) is 5.15 Å². The summed E-state index contributed by atoms with van der Waals surface area (Å²) in [6, 6.07) is 13.6. The molecule has 0 bridgehead atoms. The Morgan fingerprint density at radius 1 is 1.18 bits per heavy atom. The average molecular weight is 400 g/mol. The monoisotopic (exact) mass is 399 g/mol. The fraction of sp³-hybridized carbons (Fsp3) is 0.150. The number of amides is 2. The van der Waals surface area contributed by atoms with Crippen LogP contribution in [-0.4, -0.2) is 30.5 Å². The summed E-state index contributed by atoms with van der Waals surface area (Å²) in [5.74, 6) is 0.293. The van der Waals surface area contributed by atoms with Gasteiger partial charge in [0.2, 0.25) is 0 Å². The van der Waals surface area contributed by atoms with Crippen molar-refractivity contribution in [3.8, 4) is 5.75 Å². The molecule has 0 aliphatic carbocycles. The van der Waals surface area contributed by atoms with Crippen molar-refractivity contribution in [2.24, 2.45) is 0 Å². The molecule has 2 heterocycles. The van der Waals surface area contributed by atoms with E-state index < -0.39 is 0 Å². The predicted octanol–water partition coefficient (Wildman–Crippen LogP) is 3.30. The van der Waals surface area contributed by atoms with E-state index in [9.17, 15) is 9.59 Å². The lowest BCUT2D eigenvalue weighted by Gasteiger charge is -2.20. The number of hydrogen-bond donors (Lipinski definition) is 1. The molecule has 144 valence electrons. The normalized spacial score (nSPS) is 10.4. The summed E-state index contributed by atoms with van der Waals surface area (Å²) in [6.07, 6.45) is 3.07. The fourth-order valence-electron chi connectivity index (χ4n) is 2.48. The van der Waals surface area contributed by atoms with Gasteiger partial charge in [0.15, 0.2) is 17.5 Å². The second-order valence-electron chi connectivity index (χ2n) is 5.81. The van der Waals surface area contributed by atoms with E-state index in [1.54, 1.807) is 55.6 Å². The number of carbonyl (C=O) groups is 2. The quantitative estimate of drug-likeness (QED) is 0.616. The lowest BCUT2D eigenvalue weighted by Crippen LogP contribution is -2.33. The first-order valence-corrected chi connectivity index (χ1v) is 8.83. The van der Waals surface area contributed by atoms with Crippen molar-refractivity contribution < 1.29 is 18.7 Å². The van der Waals surface area contributed by atoms with Crippen molar-refractivity contribution in [3.63, 3.8) is 0 Å². The molecule has 8 heteroatoms. The van der Waals surface area contributed by atoms with Gasteiger partial charge in [-0.1, -0.05) is 23.7 Å². The first kappa shape index (κ1) is 19.4. The van der Waals surface area contributed by atoms with Crippen LogP contribution >= 0.6 is 11.6 Å². The predicted molar refractivity (Wildman–Crippen MR) is 104 cm³/mol. The van der Waals surface area contributed by atoms with Gasteiger partial charge in [-0.15, -0.1) is 0 Å². The summed E-state index contributed by atoms with van der Waals surface area (Å²) in [5, 5.41) is 2.95. The van der Waals surface area contributed by atoms with Gasteiger partial charge in [0.05, 0.1) is 24.1 Å². The van der Waals surface area contributed by atoms with Crippen molar-refractivity contribution in [2.75, 3.05) is 18.6 Å². The second-order valence-corrected chi connectivity index (χ2v) is 6.17. The Bertz CT molecular complexity index is 960. The molecule has 0 radical (unpaired) electrons. The highest BCUT2D eigenvalue weighted by Gasteiger charge is 2.19. The standard InChI is InChI=1S/C20H18ClN3O4/c1-24(18(25)13-28-17-9-4-10-22-19(17)21)16-8-3-2-7-15(16)20(26)23-12-14-6-5-11-27-14/h2-11H,12-13H2,1H3,(H,23,26). The van der Waals surface area contributed by atoms with E-state index in [1.165, 1.54) is 17.4 Å². The number of likely N-dealkylation sites (N-methyl/N-ethyl adjacent to an activating group) is 1. The Morgan fingerprint density at radius 3 is 2.75 bits per heavy atom. The lowest BCUT2D eigenvalue weighted by atomic mass is 10.1. The Balaban J connectivity index is 1.67. The van der Waals surface area contributed by atoms with Gasteiger partial charge in [0, 0.05) is 13.2 Å². The maximum Gasteiger partial charge on any atom is 0.264 e. The van der Waals surface area contributed by atoms with Crippen LogP contribution in [0.15, 0.2) is 65.4 Å². The molecule has 3 rings (SSSR count). The third-order valence-corrected chi connectivity index (χ3v) is 4.25. The van der Waals surface area contributed by atoms with Gasteiger partial charge >= 0.3 is 0 Å². The topological polar surface area (TPSA) is 84.7 Å². The summed E-state index contributed by atoms with van der Waals surface area (Å²) in [7, 11) is 1.58. The number of hydrogen-bond acceptors (Lipinski definition) is 5. The molecule has 3 aromatic rings. The number of carbonyl (C=O) groups excluding carboxylic acids is 2. The minimum absolute atomic E-state index is 0.177. The summed E-state index contributed by atoms with van der Waals surface area (Å²) < 4.78 is 10.6. The SMILES string of the molecule is CN(C(=O)COc1cccnc1Cl)c1ccccc1C(=O)NCc1ccco1. The zero-order chi connectivity index (χ0) is 19.9. The van der Waals surface area contributed by atoms with Crippen LogP contribution in [0, 0.1) is 0 Å². The molecular weight excluding hydrogens is 382 g/mol. The molecular formula is C20H18ClN3O4. The molecule has 0 aliphatic heterocycles. The molecule has 0 atom stereocenters. The lowest BCUT2D eigenvalue weighted by molar-refractivity contribution is -0.120. The van der Waals surface area contributed by atoms with Crippen molar-refractivity contribution in [3.05, 3.63) is 77.5 Å². The molecule has 1 aromatic carbocycles. The number of para-hydroxylation sites is 1. The van der Waals surface area contributed by atoms with Gasteiger partial charge in [0.25, 0.3) is 11.8 Å². The van der Waals surface area contributed by atoms with E-state index in [0.29, 0.717) is 22.8 Å². The third-order valence-electron chi connectivity index (χ3n) is 3.96. The number of benzene rings is 1. The van der Waals surface area contributed by atoms with E-state index in [0.717, 1.165) is 0 Å². The highest BCUT2D eigenvalue weighted by atomic mass is 35.5. The molecule has 28 heavy (non-hydrogen) atoms. The number of aromatic nitrogens is 1. The van der Waals surface area contributed by atoms with Crippen LogP contribution in [-0.2, 0) is 11.3 Å². The van der Waals surface area contributed by atoms with Gasteiger partial charge in [-0.3, -0.25) is 9.59 Å². The molecule has 1 N–H and O–H groups in total. The second kappa shape index (κ2) is 9.05. The molecule has 2 aromatic heterocycles. The maximum absolute atomic E-state index is 12.6. The number of anilines is 1. The largest absolute Gasteiger partial charge is 0.481 e. The summed E-state index contributed by atoms with van der Waals surface area (Å²) in [6.45, 7) is 0.00467. The number of pyridine rings is 1. The van der Waals surface area contributed by atoms with Crippen LogP contribution in [0.25, 0.3) is 0 Å². The molecule has 0 fully saturated rings. The highest BCUT2D eigenvalue weighted by molar-refractivity contribution is 6.30.